The van der Waals surface area contributed by atoms with Crippen molar-refractivity contribution < 1.29 is 4.74 Å². The highest BCUT2D eigenvalue weighted by Gasteiger charge is 2.20. The van der Waals surface area contributed by atoms with Crippen LogP contribution in [-0.4, -0.2) is 29.0 Å². The number of ether oxygens (including phenoxy) is 1. The number of halogens is 1. The maximum Gasteiger partial charge on any atom is 0.149 e. The fourth-order valence-corrected chi connectivity index (χ4v) is 4.20. The van der Waals surface area contributed by atoms with Gasteiger partial charge in [-0.15, -0.1) is 11.3 Å². The zero-order chi connectivity index (χ0) is 19.0. The third-order valence-electron chi connectivity index (χ3n) is 4.77. The highest BCUT2D eigenvalue weighted by molar-refractivity contribution is 7.18. The molecule has 0 saturated carbocycles. The average molecular weight is 391 g/mol. The second-order valence-corrected chi connectivity index (χ2v) is 8.12. The molecule has 0 spiro atoms. The van der Waals surface area contributed by atoms with Gasteiger partial charge < -0.3 is 10.5 Å². The van der Waals surface area contributed by atoms with E-state index in [4.69, 9.17) is 27.1 Å². The molecule has 1 unspecified atom stereocenters. The summed E-state index contributed by atoms with van der Waals surface area (Å²) in [5.74, 6) is 2.08. The molecule has 5 nitrogen and oxygen atoms in total. The average Bonchev–Trinajstić information content (AvgIpc) is 2.89. The number of benzene rings is 1. The maximum absolute atomic E-state index is 6.23. The minimum absolute atomic E-state index is 0.00639. The first-order valence-corrected chi connectivity index (χ1v) is 9.57. The molecule has 26 heavy (non-hydrogen) atoms. The van der Waals surface area contributed by atoms with Crippen molar-refractivity contribution in [3.8, 4) is 5.75 Å². The molecule has 2 heterocycles. The van der Waals surface area contributed by atoms with Crippen LogP contribution in [0.15, 0.2) is 18.2 Å². The molecule has 0 saturated heterocycles. The number of hydrogen-bond donors (Lipinski definition) is 1. The van der Waals surface area contributed by atoms with Crippen molar-refractivity contribution in [2.24, 2.45) is 0 Å². The van der Waals surface area contributed by atoms with Crippen LogP contribution >= 0.6 is 22.9 Å². The van der Waals surface area contributed by atoms with Crippen molar-refractivity contribution >= 4 is 39.0 Å². The van der Waals surface area contributed by atoms with Crippen molar-refractivity contribution in [1.82, 2.24) is 14.9 Å². The van der Waals surface area contributed by atoms with Crippen LogP contribution in [0.3, 0.4) is 0 Å². The molecule has 0 bridgehead atoms. The lowest BCUT2D eigenvalue weighted by molar-refractivity contribution is 0.240. The Morgan fingerprint density at radius 3 is 2.73 bits per heavy atom. The molecule has 3 aromatic rings. The number of hydrogen-bond acceptors (Lipinski definition) is 6. The first-order valence-electron chi connectivity index (χ1n) is 8.37. The fourth-order valence-electron chi connectivity index (χ4n) is 2.96. The van der Waals surface area contributed by atoms with E-state index in [1.54, 1.807) is 18.4 Å². The highest BCUT2D eigenvalue weighted by atomic mass is 35.5. The van der Waals surface area contributed by atoms with Crippen LogP contribution in [0.1, 0.15) is 34.8 Å². The van der Waals surface area contributed by atoms with Gasteiger partial charge in [0.1, 0.15) is 22.2 Å². The van der Waals surface area contributed by atoms with Crippen molar-refractivity contribution in [3.05, 3.63) is 45.1 Å². The number of nitrogen functional groups attached to an aromatic ring is 1. The monoisotopic (exact) mass is 390 g/mol. The first kappa shape index (κ1) is 18.9. The maximum atomic E-state index is 6.23. The summed E-state index contributed by atoms with van der Waals surface area (Å²) in [5, 5.41) is 1.66. The molecule has 0 amide bonds. The van der Waals surface area contributed by atoms with E-state index in [0.717, 1.165) is 27.4 Å². The van der Waals surface area contributed by atoms with E-state index >= 15 is 0 Å². The predicted octanol–water partition coefficient (Wildman–Crippen LogP) is 4.75. The number of aromatic nitrogens is 2. The van der Waals surface area contributed by atoms with E-state index < -0.39 is 0 Å². The Kier molecular flexibility index (Phi) is 5.37. The minimum atomic E-state index is -0.00639. The SMILES string of the molecule is COc1ccc(Cl)cc1CN(C)C(C)c1nc(N)c2c(C)c(C)sc2n1. The molecule has 3 rings (SSSR count). The van der Waals surface area contributed by atoms with Gasteiger partial charge in [0.15, 0.2) is 0 Å². The van der Waals surface area contributed by atoms with Crippen LogP contribution in [-0.2, 0) is 6.54 Å². The van der Waals surface area contributed by atoms with E-state index in [1.165, 1.54) is 10.4 Å². The van der Waals surface area contributed by atoms with Gasteiger partial charge in [-0.05, 0) is 51.6 Å². The van der Waals surface area contributed by atoms with Gasteiger partial charge in [0.2, 0.25) is 0 Å². The Morgan fingerprint density at radius 2 is 2.04 bits per heavy atom. The number of anilines is 1. The minimum Gasteiger partial charge on any atom is -0.496 e. The number of nitrogens with zero attached hydrogens (tertiary/aromatic N) is 3. The van der Waals surface area contributed by atoms with Gasteiger partial charge in [0.25, 0.3) is 0 Å². The topological polar surface area (TPSA) is 64.3 Å². The molecule has 138 valence electrons. The lowest BCUT2D eigenvalue weighted by Gasteiger charge is -2.24. The summed E-state index contributed by atoms with van der Waals surface area (Å²) in [6.45, 7) is 6.88. The molecule has 7 heteroatoms. The van der Waals surface area contributed by atoms with Crippen molar-refractivity contribution in [1.29, 1.82) is 0 Å². The van der Waals surface area contributed by atoms with Gasteiger partial charge in [0, 0.05) is 22.0 Å². The van der Waals surface area contributed by atoms with E-state index in [-0.39, 0.29) is 6.04 Å². The van der Waals surface area contributed by atoms with Gasteiger partial charge in [-0.3, -0.25) is 4.90 Å². The van der Waals surface area contributed by atoms with Crippen LogP contribution in [0.2, 0.25) is 5.02 Å². The zero-order valence-corrected chi connectivity index (χ0v) is 17.2. The van der Waals surface area contributed by atoms with Crippen LogP contribution in [0.5, 0.6) is 5.75 Å². The Hall–Kier alpha value is -1.89. The molecule has 1 aromatic carbocycles. The summed E-state index contributed by atoms with van der Waals surface area (Å²) < 4.78 is 5.44. The summed E-state index contributed by atoms with van der Waals surface area (Å²) in [4.78, 5) is 13.7. The molecule has 2 N–H and O–H groups in total. The second kappa shape index (κ2) is 7.39. The predicted molar refractivity (Wildman–Crippen MR) is 109 cm³/mol. The van der Waals surface area contributed by atoms with E-state index in [0.29, 0.717) is 17.4 Å². The number of nitrogens with two attached hydrogens (primary N) is 1. The van der Waals surface area contributed by atoms with Crippen LogP contribution in [0, 0.1) is 13.8 Å². The van der Waals surface area contributed by atoms with Crippen LogP contribution in [0.4, 0.5) is 5.82 Å². The van der Waals surface area contributed by atoms with Crippen molar-refractivity contribution in [2.45, 2.75) is 33.4 Å². The Balaban J connectivity index is 1.90. The molecule has 0 radical (unpaired) electrons. The fraction of sp³-hybridized carbons (Fsp3) is 0.368. The summed E-state index contributed by atoms with van der Waals surface area (Å²) in [7, 11) is 3.69. The van der Waals surface area contributed by atoms with Crippen LogP contribution < -0.4 is 10.5 Å². The third kappa shape index (κ3) is 3.49. The van der Waals surface area contributed by atoms with Gasteiger partial charge in [-0.1, -0.05) is 11.6 Å². The van der Waals surface area contributed by atoms with Gasteiger partial charge in [-0.25, -0.2) is 9.97 Å². The number of fused-ring (bicyclic) bond motifs is 1. The summed E-state index contributed by atoms with van der Waals surface area (Å²) in [5.41, 5.74) is 8.41. The number of thiophene rings is 1. The summed E-state index contributed by atoms with van der Waals surface area (Å²) in [6, 6.07) is 5.63. The van der Waals surface area contributed by atoms with E-state index in [1.807, 2.05) is 25.2 Å². The number of rotatable bonds is 5. The number of aryl methyl sites for hydroxylation is 2. The molecular weight excluding hydrogens is 368 g/mol. The third-order valence-corrected chi connectivity index (χ3v) is 6.11. The largest absolute Gasteiger partial charge is 0.496 e. The zero-order valence-electron chi connectivity index (χ0n) is 15.6. The first-order chi connectivity index (χ1) is 12.3. The molecule has 0 fully saturated rings. The van der Waals surface area contributed by atoms with E-state index in [9.17, 15) is 0 Å². The Labute approximate surface area is 162 Å². The molecule has 2 aromatic heterocycles. The molecule has 0 aliphatic rings. The molecule has 1 atom stereocenters. The molecular formula is C19H23ClN4OS. The quantitative estimate of drug-likeness (QED) is 0.681. The Morgan fingerprint density at radius 1 is 1.31 bits per heavy atom. The lowest BCUT2D eigenvalue weighted by Crippen LogP contribution is -2.24. The number of methoxy groups -OCH3 is 1. The van der Waals surface area contributed by atoms with Crippen molar-refractivity contribution in [2.75, 3.05) is 19.9 Å². The van der Waals surface area contributed by atoms with Gasteiger partial charge in [-0.2, -0.15) is 0 Å². The van der Waals surface area contributed by atoms with Crippen molar-refractivity contribution in [3.63, 3.8) is 0 Å². The second-order valence-electron chi connectivity index (χ2n) is 6.48. The summed E-state index contributed by atoms with van der Waals surface area (Å²) >= 11 is 7.80. The summed E-state index contributed by atoms with van der Waals surface area (Å²) in [6.07, 6.45) is 0. The van der Waals surface area contributed by atoms with Gasteiger partial charge >= 0.3 is 0 Å². The standard InChI is InChI=1S/C19H23ClN4OS/c1-10-12(3)26-19-16(10)17(21)22-18(23-19)11(2)24(4)9-13-8-14(20)6-7-15(13)25-5/h6-8,11H,9H2,1-5H3,(H2,21,22,23). The molecule has 0 aliphatic carbocycles. The smallest absolute Gasteiger partial charge is 0.149 e. The highest BCUT2D eigenvalue weighted by Crippen LogP contribution is 2.33. The van der Waals surface area contributed by atoms with E-state index in [2.05, 4.69) is 30.7 Å². The molecule has 0 aliphatic heterocycles. The lowest BCUT2D eigenvalue weighted by atomic mass is 10.1. The Bertz CT molecular complexity index is 956. The normalized spacial score (nSPS) is 12.7. The van der Waals surface area contributed by atoms with Crippen LogP contribution in [0.25, 0.3) is 10.2 Å². The van der Waals surface area contributed by atoms with Gasteiger partial charge in [0.05, 0.1) is 18.5 Å².